The number of hydrogen-bond donors (Lipinski definition) is 2. The van der Waals surface area contributed by atoms with E-state index in [0.717, 1.165) is 12.0 Å². The van der Waals surface area contributed by atoms with Gasteiger partial charge in [0.05, 0.1) is 0 Å². The van der Waals surface area contributed by atoms with Crippen molar-refractivity contribution in [1.29, 1.82) is 0 Å². The molecule has 0 aliphatic carbocycles. The zero-order chi connectivity index (χ0) is 14.5. The van der Waals surface area contributed by atoms with E-state index in [4.69, 9.17) is 5.73 Å². The van der Waals surface area contributed by atoms with Crippen LogP contribution in [0.1, 0.15) is 29.7 Å². The van der Waals surface area contributed by atoms with Crippen LogP contribution in [0.25, 0.3) is 0 Å². The first-order valence-corrected chi connectivity index (χ1v) is 7.62. The first-order valence-electron chi connectivity index (χ1n) is 6.74. The lowest BCUT2D eigenvalue weighted by atomic mass is 10.1. The van der Waals surface area contributed by atoms with E-state index in [0.29, 0.717) is 18.2 Å². The number of rotatable bonds is 6. The van der Waals surface area contributed by atoms with E-state index in [1.807, 2.05) is 13.0 Å². The highest BCUT2D eigenvalue weighted by Gasteiger charge is 2.16. The molecule has 1 heterocycles. The molecule has 20 heavy (non-hydrogen) atoms. The molecular weight excluding hydrogens is 272 g/mol. The molecule has 0 saturated carbocycles. The third-order valence-electron chi connectivity index (χ3n) is 3.05. The standard InChI is InChI=1S/C14H20N4OS/c1-3-7-18-13(19)16-17-14(18)20-12(9-15)11-6-4-5-10(2)8-11/h4-6,8,12H,3,7,9,15H2,1-2H3,(H,16,19). The number of aryl methyl sites for hydroxylation is 1. The zero-order valence-electron chi connectivity index (χ0n) is 11.8. The summed E-state index contributed by atoms with van der Waals surface area (Å²) >= 11 is 1.53. The van der Waals surface area contributed by atoms with Gasteiger partial charge in [-0.15, -0.1) is 5.10 Å². The van der Waals surface area contributed by atoms with Crippen molar-refractivity contribution in [3.8, 4) is 0 Å². The second kappa shape index (κ2) is 6.76. The van der Waals surface area contributed by atoms with E-state index in [2.05, 4.69) is 35.3 Å². The Morgan fingerprint density at radius 2 is 2.30 bits per heavy atom. The Morgan fingerprint density at radius 3 is 2.95 bits per heavy atom. The van der Waals surface area contributed by atoms with Gasteiger partial charge in [0, 0.05) is 18.3 Å². The number of aromatic nitrogens is 3. The van der Waals surface area contributed by atoms with E-state index in [9.17, 15) is 4.79 Å². The predicted molar refractivity (Wildman–Crippen MR) is 82.0 cm³/mol. The topological polar surface area (TPSA) is 76.7 Å². The smallest absolute Gasteiger partial charge is 0.329 e. The summed E-state index contributed by atoms with van der Waals surface area (Å²) in [6.45, 7) is 5.27. The average Bonchev–Trinajstić information content (AvgIpc) is 2.78. The van der Waals surface area contributed by atoms with Gasteiger partial charge in [0.1, 0.15) is 0 Å². The van der Waals surface area contributed by atoms with Crippen LogP contribution in [0.4, 0.5) is 0 Å². The minimum absolute atomic E-state index is 0.0979. The maximum Gasteiger partial charge on any atom is 0.343 e. The molecule has 0 fully saturated rings. The quantitative estimate of drug-likeness (QED) is 0.799. The maximum atomic E-state index is 11.7. The van der Waals surface area contributed by atoms with Gasteiger partial charge in [-0.1, -0.05) is 48.5 Å². The van der Waals surface area contributed by atoms with Crippen molar-refractivity contribution in [2.24, 2.45) is 5.73 Å². The summed E-state index contributed by atoms with van der Waals surface area (Å²) in [6.07, 6.45) is 0.894. The number of H-pyrrole nitrogens is 1. The Balaban J connectivity index is 2.24. The van der Waals surface area contributed by atoms with Gasteiger partial charge in [-0.3, -0.25) is 4.57 Å². The molecule has 0 bridgehead atoms. The van der Waals surface area contributed by atoms with Crippen LogP contribution in [0.5, 0.6) is 0 Å². The number of nitrogens with two attached hydrogens (primary N) is 1. The normalized spacial score (nSPS) is 12.6. The highest BCUT2D eigenvalue weighted by atomic mass is 32.2. The van der Waals surface area contributed by atoms with Crippen molar-refractivity contribution >= 4 is 11.8 Å². The number of nitrogens with zero attached hydrogens (tertiary/aromatic N) is 2. The first kappa shape index (κ1) is 14.9. The summed E-state index contributed by atoms with van der Waals surface area (Å²) in [5.41, 5.74) is 8.10. The first-order chi connectivity index (χ1) is 9.65. The molecule has 3 N–H and O–H groups in total. The highest BCUT2D eigenvalue weighted by Crippen LogP contribution is 2.33. The second-order valence-electron chi connectivity index (χ2n) is 4.72. The number of nitrogens with one attached hydrogen (secondary N) is 1. The Kier molecular flexibility index (Phi) is 5.03. The fourth-order valence-electron chi connectivity index (χ4n) is 2.06. The van der Waals surface area contributed by atoms with Crippen LogP contribution in [0.2, 0.25) is 0 Å². The van der Waals surface area contributed by atoms with E-state index in [-0.39, 0.29) is 10.9 Å². The summed E-state index contributed by atoms with van der Waals surface area (Å²) in [5.74, 6) is 0. The van der Waals surface area contributed by atoms with Crippen molar-refractivity contribution < 1.29 is 0 Å². The Morgan fingerprint density at radius 1 is 1.50 bits per heavy atom. The van der Waals surface area contributed by atoms with Crippen LogP contribution in [0.15, 0.2) is 34.2 Å². The van der Waals surface area contributed by atoms with E-state index in [1.165, 1.54) is 17.3 Å². The lowest BCUT2D eigenvalue weighted by molar-refractivity contribution is 0.602. The van der Waals surface area contributed by atoms with Gasteiger partial charge in [0.15, 0.2) is 5.16 Å². The summed E-state index contributed by atoms with van der Waals surface area (Å²) in [6, 6.07) is 8.27. The fourth-order valence-corrected chi connectivity index (χ4v) is 3.10. The third-order valence-corrected chi connectivity index (χ3v) is 4.32. The molecule has 0 aliphatic heterocycles. The van der Waals surface area contributed by atoms with Gasteiger partial charge in [0.2, 0.25) is 0 Å². The lowest BCUT2D eigenvalue weighted by Gasteiger charge is -2.15. The van der Waals surface area contributed by atoms with Gasteiger partial charge in [-0.05, 0) is 18.9 Å². The molecule has 5 nitrogen and oxygen atoms in total. The van der Waals surface area contributed by atoms with Crippen LogP contribution < -0.4 is 11.4 Å². The monoisotopic (exact) mass is 292 g/mol. The van der Waals surface area contributed by atoms with Crippen molar-refractivity contribution in [3.63, 3.8) is 0 Å². The molecule has 2 aromatic rings. The number of benzene rings is 1. The van der Waals surface area contributed by atoms with Crippen LogP contribution in [0, 0.1) is 6.92 Å². The molecule has 1 aromatic carbocycles. The molecule has 1 aromatic heterocycles. The highest BCUT2D eigenvalue weighted by molar-refractivity contribution is 7.99. The zero-order valence-corrected chi connectivity index (χ0v) is 12.6. The molecule has 1 unspecified atom stereocenters. The summed E-state index contributed by atoms with van der Waals surface area (Å²) < 4.78 is 1.67. The molecule has 0 aliphatic rings. The molecule has 0 saturated heterocycles. The van der Waals surface area contributed by atoms with Gasteiger partial charge in [-0.2, -0.15) is 0 Å². The van der Waals surface area contributed by atoms with Crippen molar-refractivity contribution in [2.45, 2.75) is 37.2 Å². The predicted octanol–water partition coefficient (Wildman–Crippen LogP) is 2.08. The van der Waals surface area contributed by atoms with Crippen LogP contribution in [-0.2, 0) is 6.54 Å². The van der Waals surface area contributed by atoms with E-state index >= 15 is 0 Å². The van der Waals surface area contributed by atoms with E-state index < -0.39 is 0 Å². The minimum Gasteiger partial charge on any atom is -0.329 e. The van der Waals surface area contributed by atoms with Gasteiger partial charge < -0.3 is 5.73 Å². The molecule has 0 radical (unpaired) electrons. The summed E-state index contributed by atoms with van der Waals surface area (Å²) in [5, 5.41) is 7.41. The number of thioether (sulfide) groups is 1. The van der Waals surface area contributed by atoms with E-state index in [1.54, 1.807) is 4.57 Å². The molecule has 6 heteroatoms. The average molecular weight is 292 g/mol. The summed E-state index contributed by atoms with van der Waals surface area (Å²) in [7, 11) is 0. The largest absolute Gasteiger partial charge is 0.343 e. The van der Waals surface area contributed by atoms with Crippen LogP contribution >= 0.6 is 11.8 Å². The molecular formula is C14H20N4OS. The molecule has 1 atom stereocenters. The maximum absolute atomic E-state index is 11.7. The minimum atomic E-state index is -0.158. The molecule has 0 amide bonds. The van der Waals surface area contributed by atoms with Crippen molar-refractivity contribution in [2.75, 3.05) is 6.54 Å². The SMILES string of the molecule is CCCn1c(SC(CN)c2cccc(C)c2)n[nH]c1=O. The van der Waals surface area contributed by atoms with Gasteiger partial charge >= 0.3 is 5.69 Å². The molecule has 0 spiro atoms. The summed E-state index contributed by atoms with van der Waals surface area (Å²) in [4.78, 5) is 11.7. The number of aromatic amines is 1. The Hall–Kier alpha value is -1.53. The van der Waals surface area contributed by atoms with Crippen LogP contribution in [-0.4, -0.2) is 21.3 Å². The second-order valence-corrected chi connectivity index (χ2v) is 5.89. The molecule has 108 valence electrons. The number of hydrogen-bond acceptors (Lipinski definition) is 4. The van der Waals surface area contributed by atoms with Gasteiger partial charge in [0.25, 0.3) is 0 Å². The Labute approximate surface area is 122 Å². The van der Waals surface area contributed by atoms with Crippen molar-refractivity contribution in [1.82, 2.24) is 14.8 Å². The van der Waals surface area contributed by atoms with Crippen LogP contribution in [0.3, 0.4) is 0 Å². The van der Waals surface area contributed by atoms with Gasteiger partial charge in [-0.25, -0.2) is 9.89 Å². The van der Waals surface area contributed by atoms with Crippen molar-refractivity contribution in [3.05, 3.63) is 45.9 Å². The fraction of sp³-hybridized carbons (Fsp3) is 0.429. The Bertz CT molecular complexity index is 620. The lowest BCUT2D eigenvalue weighted by Crippen LogP contribution is -2.18. The molecule has 2 rings (SSSR count). The third kappa shape index (κ3) is 3.32.